The summed E-state index contributed by atoms with van der Waals surface area (Å²) in [6.45, 7) is 0.467. The van der Waals surface area contributed by atoms with Gasteiger partial charge in [0.25, 0.3) is 0 Å². The molecule has 2 aromatic heterocycles. The lowest BCUT2D eigenvalue weighted by Gasteiger charge is -2.12. The number of nitrogens with zero attached hydrogens (tertiary/aromatic N) is 2. The van der Waals surface area contributed by atoms with E-state index in [-0.39, 0.29) is 17.4 Å². The second-order valence-electron chi connectivity index (χ2n) is 6.91. The Morgan fingerprint density at radius 1 is 1.27 bits per heavy atom. The van der Waals surface area contributed by atoms with Crippen molar-refractivity contribution >= 4 is 41.1 Å². The Labute approximate surface area is 176 Å². The lowest BCUT2D eigenvalue weighted by atomic mass is 10.2. The molecule has 0 spiro atoms. The molecular formula is C20H20ClN7O2. The van der Waals surface area contributed by atoms with Crippen LogP contribution in [0.4, 0.5) is 11.6 Å². The van der Waals surface area contributed by atoms with Crippen LogP contribution in [0.5, 0.6) is 5.88 Å². The first-order chi connectivity index (χ1) is 14.5. The molecule has 1 saturated carbocycles. The average Bonchev–Trinajstić information content (AvgIpc) is 3.48. The van der Waals surface area contributed by atoms with E-state index in [2.05, 4.69) is 30.6 Å². The Morgan fingerprint density at radius 3 is 2.70 bits per heavy atom. The van der Waals surface area contributed by atoms with Gasteiger partial charge in [-0.15, -0.1) is 0 Å². The van der Waals surface area contributed by atoms with Crippen molar-refractivity contribution in [3.8, 4) is 5.88 Å². The van der Waals surface area contributed by atoms with Crippen LogP contribution in [0.1, 0.15) is 29.9 Å². The number of aromatic nitrogens is 4. The highest BCUT2D eigenvalue weighted by Gasteiger charge is 2.22. The molecule has 0 aliphatic heterocycles. The summed E-state index contributed by atoms with van der Waals surface area (Å²) in [5.74, 6) is 1.15. The molecule has 0 bridgehead atoms. The maximum absolute atomic E-state index is 11.4. The fourth-order valence-electron chi connectivity index (χ4n) is 2.82. The number of nitrogens with one attached hydrogen (secondary N) is 5. The Morgan fingerprint density at radius 2 is 2.03 bits per heavy atom. The van der Waals surface area contributed by atoms with Crippen molar-refractivity contribution < 1.29 is 5.11 Å². The number of anilines is 2. The molecule has 30 heavy (non-hydrogen) atoms. The normalized spacial score (nSPS) is 13.8. The zero-order chi connectivity index (χ0) is 21.1. The number of benzene rings is 1. The van der Waals surface area contributed by atoms with Gasteiger partial charge >= 0.3 is 5.69 Å². The first kappa shape index (κ1) is 19.7. The molecule has 154 valence electrons. The van der Waals surface area contributed by atoms with E-state index in [4.69, 9.17) is 17.0 Å². The second kappa shape index (κ2) is 8.42. The highest BCUT2D eigenvalue weighted by molar-refractivity contribution is 6.31. The van der Waals surface area contributed by atoms with Crippen LogP contribution in [0, 0.1) is 5.41 Å². The van der Waals surface area contributed by atoms with Gasteiger partial charge in [0.15, 0.2) is 5.82 Å². The number of aromatic amines is 2. The molecule has 0 amide bonds. The van der Waals surface area contributed by atoms with Gasteiger partial charge in [0.1, 0.15) is 17.3 Å². The van der Waals surface area contributed by atoms with E-state index in [1.165, 1.54) is 6.08 Å². The number of halogens is 1. The maximum Gasteiger partial charge on any atom is 0.326 e. The predicted molar refractivity (Wildman–Crippen MR) is 117 cm³/mol. The molecule has 4 rings (SSSR count). The first-order valence-electron chi connectivity index (χ1n) is 9.38. The van der Waals surface area contributed by atoms with Gasteiger partial charge < -0.3 is 26.1 Å². The van der Waals surface area contributed by atoms with Crippen LogP contribution in [0.25, 0.3) is 11.6 Å². The molecule has 0 saturated heterocycles. The fourth-order valence-corrected chi connectivity index (χ4v) is 3.03. The average molecular weight is 426 g/mol. The first-order valence-corrected chi connectivity index (χ1v) is 9.76. The van der Waals surface area contributed by atoms with Gasteiger partial charge in [-0.3, -0.25) is 4.98 Å². The highest BCUT2D eigenvalue weighted by atomic mass is 35.5. The van der Waals surface area contributed by atoms with Crippen LogP contribution in [-0.2, 0) is 6.54 Å². The summed E-state index contributed by atoms with van der Waals surface area (Å²) < 4.78 is 0. The smallest absolute Gasteiger partial charge is 0.326 e. The minimum atomic E-state index is -0.546. The summed E-state index contributed by atoms with van der Waals surface area (Å²) in [6, 6.07) is 9.71. The SMILES string of the molecule is N=C/C(=C/c1[nH]c(=O)[nH]c1O)c1nc(NCc2ccccc2Cl)cc(NC2CC2)n1. The van der Waals surface area contributed by atoms with Gasteiger partial charge in [-0.05, 0) is 30.5 Å². The molecule has 2 heterocycles. The number of allylic oxidation sites excluding steroid dienone is 1. The van der Waals surface area contributed by atoms with E-state index in [0.29, 0.717) is 34.8 Å². The van der Waals surface area contributed by atoms with Crippen LogP contribution in [0.15, 0.2) is 35.1 Å². The van der Waals surface area contributed by atoms with Gasteiger partial charge in [-0.2, -0.15) is 0 Å². The Hall–Kier alpha value is -3.59. The Bertz CT molecular complexity index is 1160. The zero-order valence-corrected chi connectivity index (χ0v) is 16.6. The van der Waals surface area contributed by atoms with Crippen molar-refractivity contribution in [2.24, 2.45) is 0 Å². The highest BCUT2D eigenvalue weighted by Crippen LogP contribution is 2.26. The van der Waals surface area contributed by atoms with Crippen LogP contribution < -0.4 is 16.3 Å². The molecule has 9 nitrogen and oxygen atoms in total. The number of H-pyrrole nitrogens is 2. The summed E-state index contributed by atoms with van der Waals surface area (Å²) in [6.07, 6.45) is 4.66. The molecule has 1 aromatic carbocycles. The third-order valence-corrected chi connectivity index (χ3v) is 4.89. The quantitative estimate of drug-likeness (QED) is 0.306. The summed E-state index contributed by atoms with van der Waals surface area (Å²) >= 11 is 6.23. The second-order valence-corrected chi connectivity index (χ2v) is 7.32. The van der Waals surface area contributed by atoms with Gasteiger partial charge in [-0.25, -0.2) is 14.8 Å². The predicted octanol–water partition coefficient (Wildman–Crippen LogP) is 3.23. The van der Waals surface area contributed by atoms with Crippen LogP contribution in [0.3, 0.4) is 0 Å². The largest absolute Gasteiger partial charge is 0.493 e. The third-order valence-electron chi connectivity index (χ3n) is 4.52. The van der Waals surface area contributed by atoms with Gasteiger partial charge in [0.2, 0.25) is 5.88 Å². The molecule has 3 aromatic rings. The van der Waals surface area contributed by atoms with E-state index in [9.17, 15) is 9.90 Å². The fraction of sp³-hybridized carbons (Fsp3) is 0.200. The van der Waals surface area contributed by atoms with E-state index in [1.807, 2.05) is 24.3 Å². The lowest BCUT2D eigenvalue weighted by Crippen LogP contribution is -2.10. The summed E-state index contributed by atoms with van der Waals surface area (Å²) in [7, 11) is 0. The summed E-state index contributed by atoms with van der Waals surface area (Å²) in [4.78, 5) is 25.1. The molecule has 0 radical (unpaired) electrons. The lowest BCUT2D eigenvalue weighted by molar-refractivity contribution is 0.454. The number of aromatic hydroxyl groups is 1. The minimum Gasteiger partial charge on any atom is -0.493 e. The van der Waals surface area contributed by atoms with Gasteiger partial charge in [0.05, 0.1) is 0 Å². The molecule has 1 aliphatic carbocycles. The molecular weight excluding hydrogens is 406 g/mol. The van der Waals surface area contributed by atoms with E-state index < -0.39 is 5.69 Å². The van der Waals surface area contributed by atoms with Crippen molar-refractivity contribution in [2.75, 3.05) is 10.6 Å². The van der Waals surface area contributed by atoms with Crippen molar-refractivity contribution in [3.63, 3.8) is 0 Å². The summed E-state index contributed by atoms with van der Waals surface area (Å²) in [5, 5.41) is 24.8. The zero-order valence-electron chi connectivity index (χ0n) is 15.9. The van der Waals surface area contributed by atoms with Crippen molar-refractivity contribution in [1.29, 1.82) is 5.41 Å². The number of hydrogen-bond donors (Lipinski definition) is 6. The number of hydrogen-bond acceptors (Lipinski definition) is 7. The standard InChI is InChI=1S/C20H20ClN7O2/c21-14-4-2-1-3-11(14)10-23-16-8-17(24-13-5-6-13)27-18(26-16)12(9-22)7-15-19(29)28-20(30)25-15/h1-4,7-9,13,22,29H,5-6,10H2,(H2,25,28,30)(H2,23,24,26,27)/b12-7-,22-9?. The van der Waals surface area contributed by atoms with E-state index >= 15 is 0 Å². The van der Waals surface area contributed by atoms with Gasteiger partial charge in [-0.1, -0.05) is 29.8 Å². The number of rotatable bonds is 8. The van der Waals surface area contributed by atoms with Crippen LogP contribution >= 0.6 is 11.6 Å². The molecule has 1 fully saturated rings. The van der Waals surface area contributed by atoms with E-state index in [1.54, 1.807) is 6.07 Å². The van der Waals surface area contributed by atoms with E-state index in [0.717, 1.165) is 24.6 Å². The maximum atomic E-state index is 11.4. The Kier molecular flexibility index (Phi) is 5.53. The third kappa shape index (κ3) is 4.69. The summed E-state index contributed by atoms with van der Waals surface area (Å²) in [5.41, 5.74) is 0.845. The molecule has 0 atom stereocenters. The van der Waals surface area contributed by atoms with Crippen molar-refractivity contribution in [3.05, 3.63) is 62.9 Å². The molecule has 0 unspecified atom stereocenters. The Balaban J connectivity index is 1.66. The topological polar surface area (TPSA) is 143 Å². The molecule has 1 aliphatic rings. The van der Waals surface area contributed by atoms with Gasteiger partial charge in [0, 0.05) is 35.5 Å². The molecule has 6 N–H and O–H groups in total. The number of imidazole rings is 1. The van der Waals surface area contributed by atoms with Crippen LogP contribution in [0.2, 0.25) is 5.02 Å². The minimum absolute atomic E-state index is 0.147. The van der Waals surface area contributed by atoms with Crippen molar-refractivity contribution in [1.82, 2.24) is 19.9 Å². The monoisotopic (exact) mass is 425 g/mol. The molecule has 10 heteroatoms. The van der Waals surface area contributed by atoms with Crippen LogP contribution in [-0.4, -0.2) is 37.3 Å². The van der Waals surface area contributed by atoms with Crippen molar-refractivity contribution in [2.45, 2.75) is 25.4 Å².